The standard InChI is InChI=1S/C7H13NO4/c8-4-1-3(2-9)5(10)7(12)6(4)11/h1,4-7,9-12H,2,8H2/t4?,5-,6+,7+/m1/s1. The second-order valence-corrected chi connectivity index (χ2v) is 2.90. The summed E-state index contributed by atoms with van der Waals surface area (Å²) < 4.78 is 0. The molecule has 1 aliphatic rings. The molecule has 1 unspecified atom stereocenters. The van der Waals surface area contributed by atoms with Gasteiger partial charge in [0.1, 0.15) is 18.3 Å². The van der Waals surface area contributed by atoms with Crippen molar-refractivity contribution in [2.24, 2.45) is 5.73 Å². The summed E-state index contributed by atoms with van der Waals surface area (Å²) in [4.78, 5) is 0. The van der Waals surface area contributed by atoms with Crippen LogP contribution in [0.4, 0.5) is 0 Å². The topological polar surface area (TPSA) is 107 Å². The Balaban J connectivity index is 2.84. The maximum absolute atomic E-state index is 9.23. The van der Waals surface area contributed by atoms with Crippen LogP contribution in [-0.2, 0) is 0 Å². The molecule has 0 spiro atoms. The van der Waals surface area contributed by atoms with Crippen molar-refractivity contribution in [2.45, 2.75) is 24.4 Å². The number of nitrogens with two attached hydrogens (primary N) is 1. The van der Waals surface area contributed by atoms with Crippen LogP contribution in [0.2, 0.25) is 0 Å². The highest BCUT2D eigenvalue weighted by atomic mass is 16.4. The molecule has 0 saturated carbocycles. The predicted octanol–water partition coefficient (Wildman–Crippen LogP) is -2.67. The third-order valence-electron chi connectivity index (χ3n) is 2.04. The molecule has 0 fully saturated rings. The molecule has 0 aromatic rings. The summed E-state index contributed by atoms with van der Waals surface area (Å²) in [6.07, 6.45) is -2.34. The Labute approximate surface area is 69.8 Å². The van der Waals surface area contributed by atoms with E-state index in [2.05, 4.69) is 0 Å². The van der Waals surface area contributed by atoms with Crippen LogP contribution < -0.4 is 5.73 Å². The number of hydrogen-bond acceptors (Lipinski definition) is 5. The first-order chi connectivity index (χ1) is 5.57. The zero-order chi connectivity index (χ0) is 9.30. The van der Waals surface area contributed by atoms with Crippen LogP contribution in [0, 0.1) is 0 Å². The van der Waals surface area contributed by atoms with E-state index in [1.165, 1.54) is 6.08 Å². The van der Waals surface area contributed by atoms with Crippen LogP contribution in [0.1, 0.15) is 0 Å². The van der Waals surface area contributed by atoms with Gasteiger partial charge in [-0.05, 0) is 5.57 Å². The van der Waals surface area contributed by atoms with Gasteiger partial charge in [0.05, 0.1) is 12.6 Å². The summed E-state index contributed by atoms with van der Waals surface area (Å²) in [5.74, 6) is 0. The lowest BCUT2D eigenvalue weighted by Crippen LogP contribution is -2.52. The molecule has 1 aliphatic carbocycles. The Morgan fingerprint density at radius 1 is 1.25 bits per heavy atom. The summed E-state index contributed by atoms with van der Waals surface area (Å²) in [6, 6.07) is -0.731. The Morgan fingerprint density at radius 2 is 1.83 bits per heavy atom. The smallest absolute Gasteiger partial charge is 0.111 e. The average Bonchev–Trinajstić information content (AvgIpc) is 2.08. The van der Waals surface area contributed by atoms with E-state index < -0.39 is 24.4 Å². The van der Waals surface area contributed by atoms with E-state index in [-0.39, 0.29) is 12.2 Å². The highest BCUT2D eigenvalue weighted by Crippen LogP contribution is 2.18. The Hall–Kier alpha value is -0.460. The minimum Gasteiger partial charge on any atom is -0.392 e. The van der Waals surface area contributed by atoms with Crippen molar-refractivity contribution < 1.29 is 20.4 Å². The highest BCUT2D eigenvalue weighted by Gasteiger charge is 2.34. The summed E-state index contributed by atoms with van der Waals surface area (Å²) in [5, 5.41) is 36.3. The van der Waals surface area contributed by atoms with Crippen molar-refractivity contribution in [1.29, 1.82) is 0 Å². The molecule has 0 aromatic carbocycles. The zero-order valence-corrected chi connectivity index (χ0v) is 6.46. The molecule has 1 rings (SSSR count). The van der Waals surface area contributed by atoms with E-state index >= 15 is 0 Å². The summed E-state index contributed by atoms with van der Waals surface area (Å²) in [7, 11) is 0. The molecule has 5 nitrogen and oxygen atoms in total. The van der Waals surface area contributed by atoms with Gasteiger partial charge < -0.3 is 26.2 Å². The predicted molar refractivity (Wildman–Crippen MR) is 41.2 cm³/mol. The van der Waals surface area contributed by atoms with Crippen molar-refractivity contribution in [2.75, 3.05) is 6.61 Å². The third-order valence-corrected chi connectivity index (χ3v) is 2.04. The molecular weight excluding hydrogens is 162 g/mol. The molecule has 0 bridgehead atoms. The summed E-state index contributed by atoms with van der Waals surface area (Å²) >= 11 is 0. The molecule has 6 N–H and O–H groups in total. The van der Waals surface area contributed by atoms with E-state index in [1.54, 1.807) is 0 Å². The third kappa shape index (κ3) is 1.50. The molecule has 0 radical (unpaired) electrons. The normalized spacial score (nSPS) is 42.6. The lowest BCUT2D eigenvalue weighted by atomic mass is 9.89. The molecule has 70 valence electrons. The van der Waals surface area contributed by atoms with Gasteiger partial charge in [0.15, 0.2) is 0 Å². The lowest BCUT2D eigenvalue weighted by Gasteiger charge is -2.32. The van der Waals surface area contributed by atoms with Gasteiger partial charge in [-0.3, -0.25) is 0 Å². The second kappa shape index (κ2) is 3.51. The highest BCUT2D eigenvalue weighted by molar-refractivity contribution is 5.20. The fourth-order valence-electron chi connectivity index (χ4n) is 1.22. The molecular formula is C7H13NO4. The van der Waals surface area contributed by atoms with Gasteiger partial charge in [0.25, 0.3) is 0 Å². The lowest BCUT2D eigenvalue weighted by molar-refractivity contribution is -0.0596. The van der Waals surface area contributed by atoms with E-state index in [1.807, 2.05) is 0 Å². The van der Waals surface area contributed by atoms with Gasteiger partial charge in [0, 0.05) is 0 Å². The van der Waals surface area contributed by atoms with E-state index in [4.69, 9.17) is 15.9 Å². The van der Waals surface area contributed by atoms with E-state index in [0.29, 0.717) is 0 Å². The van der Waals surface area contributed by atoms with Crippen LogP contribution in [0.5, 0.6) is 0 Å². The van der Waals surface area contributed by atoms with E-state index in [9.17, 15) is 10.2 Å². The van der Waals surface area contributed by atoms with Gasteiger partial charge in [-0.1, -0.05) is 6.08 Å². The van der Waals surface area contributed by atoms with Gasteiger partial charge >= 0.3 is 0 Å². The molecule has 4 atom stereocenters. The largest absolute Gasteiger partial charge is 0.392 e. The van der Waals surface area contributed by atoms with Gasteiger partial charge in [-0.2, -0.15) is 0 Å². The van der Waals surface area contributed by atoms with Crippen LogP contribution in [0.15, 0.2) is 11.6 Å². The average molecular weight is 175 g/mol. The van der Waals surface area contributed by atoms with Crippen molar-refractivity contribution >= 4 is 0 Å². The van der Waals surface area contributed by atoms with Crippen molar-refractivity contribution in [3.05, 3.63) is 11.6 Å². The molecule has 5 heteroatoms. The minimum atomic E-state index is -1.31. The first-order valence-corrected chi connectivity index (χ1v) is 3.69. The maximum atomic E-state index is 9.23. The van der Waals surface area contributed by atoms with Gasteiger partial charge in [-0.25, -0.2) is 0 Å². The van der Waals surface area contributed by atoms with Crippen LogP contribution in [0.25, 0.3) is 0 Å². The summed E-state index contributed by atoms with van der Waals surface area (Å²) in [5.41, 5.74) is 5.64. The molecule has 0 saturated heterocycles. The SMILES string of the molecule is NC1C=C(CO)[C@@H](O)[C@H](O)[C@H]1O. The number of aliphatic hydroxyl groups excluding tert-OH is 4. The molecule has 0 heterocycles. The second-order valence-electron chi connectivity index (χ2n) is 2.90. The molecule has 12 heavy (non-hydrogen) atoms. The number of rotatable bonds is 1. The summed E-state index contributed by atoms with van der Waals surface area (Å²) in [6.45, 7) is -0.362. The Kier molecular flexibility index (Phi) is 2.81. The van der Waals surface area contributed by atoms with Crippen LogP contribution in [-0.4, -0.2) is 51.4 Å². The quantitative estimate of drug-likeness (QED) is 0.279. The van der Waals surface area contributed by atoms with Crippen molar-refractivity contribution in [3.63, 3.8) is 0 Å². The zero-order valence-electron chi connectivity index (χ0n) is 6.46. The Morgan fingerprint density at radius 3 is 2.33 bits per heavy atom. The van der Waals surface area contributed by atoms with Gasteiger partial charge in [0.2, 0.25) is 0 Å². The number of aliphatic hydroxyl groups is 4. The fraction of sp³-hybridized carbons (Fsp3) is 0.714. The van der Waals surface area contributed by atoms with Gasteiger partial charge in [-0.15, -0.1) is 0 Å². The van der Waals surface area contributed by atoms with Crippen LogP contribution >= 0.6 is 0 Å². The van der Waals surface area contributed by atoms with Crippen LogP contribution in [0.3, 0.4) is 0 Å². The fourth-order valence-corrected chi connectivity index (χ4v) is 1.22. The molecule has 0 aromatic heterocycles. The monoisotopic (exact) mass is 175 g/mol. The Bertz CT molecular complexity index is 194. The number of hydrogen-bond donors (Lipinski definition) is 5. The maximum Gasteiger partial charge on any atom is 0.111 e. The van der Waals surface area contributed by atoms with Crippen molar-refractivity contribution in [3.8, 4) is 0 Å². The van der Waals surface area contributed by atoms with Crippen molar-refractivity contribution in [1.82, 2.24) is 0 Å². The minimum absolute atomic E-state index is 0.250. The molecule has 0 amide bonds. The first kappa shape index (κ1) is 9.63. The molecule has 0 aliphatic heterocycles. The van der Waals surface area contributed by atoms with E-state index in [0.717, 1.165) is 0 Å². The first-order valence-electron chi connectivity index (χ1n) is 3.69.